The molecule has 7 heteroatoms. The number of carbonyl (C=O) groups is 2. The molecule has 2 fully saturated rings. The molecule has 2 heterocycles. The predicted molar refractivity (Wildman–Crippen MR) is 49.4 cm³/mol. The van der Waals surface area contributed by atoms with Gasteiger partial charge in [-0.05, 0) is 0 Å². The maximum Gasteiger partial charge on any atom is 0.325 e. The molecule has 0 aromatic heterocycles. The Labute approximate surface area is 92.0 Å². The molecule has 2 saturated heterocycles. The zero-order chi connectivity index (χ0) is 11.7. The van der Waals surface area contributed by atoms with Crippen LogP contribution in [-0.4, -0.2) is 57.2 Å². The fourth-order valence-corrected chi connectivity index (χ4v) is 2.00. The molecular formula is C9H13NO6. The number of nitrogens with one attached hydrogen (secondary N) is 1. The van der Waals surface area contributed by atoms with E-state index >= 15 is 0 Å². The van der Waals surface area contributed by atoms with Crippen molar-refractivity contribution in [2.45, 2.75) is 24.3 Å². The van der Waals surface area contributed by atoms with Gasteiger partial charge in [0.2, 0.25) is 0 Å². The third-order valence-corrected chi connectivity index (χ3v) is 2.77. The van der Waals surface area contributed by atoms with E-state index in [0.717, 1.165) is 0 Å². The second-order valence-corrected chi connectivity index (χ2v) is 3.55. The second kappa shape index (κ2) is 4.36. The molecule has 7 nitrogen and oxygen atoms in total. The molecule has 4 unspecified atom stereocenters. The predicted octanol–water partition coefficient (Wildman–Crippen LogP) is -1.59. The number of ether oxygens (including phenoxy) is 4. The Morgan fingerprint density at radius 1 is 1.06 bits per heavy atom. The Morgan fingerprint density at radius 3 is 1.88 bits per heavy atom. The summed E-state index contributed by atoms with van der Waals surface area (Å²) in [5, 5.41) is 2.80. The fraction of sp³-hybridized carbons (Fsp3) is 0.778. The van der Waals surface area contributed by atoms with Gasteiger partial charge in [-0.2, -0.15) is 0 Å². The Morgan fingerprint density at radius 2 is 1.50 bits per heavy atom. The minimum absolute atomic E-state index is 0.0675. The SMILES string of the molecule is COC(=O)C1NC(C(=O)OC)C2OCOC12. The maximum absolute atomic E-state index is 11.4. The highest BCUT2D eigenvalue weighted by atomic mass is 16.7. The van der Waals surface area contributed by atoms with Crippen molar-refractivity contribution in [2.24, 2.45) is 0 Å². The molecule has 1 N–H and O–H groups in total. The van der Waals surface area contributed by atoms with E-state index < -0.39 is 36.2 Å². The standard InChI is InChI=1S/C9H13NO6/c1-13-8(11)4-6-7(16-3-15-6)5(10-4)9(12)14-2/h4-7,10H,3H2,1-2H3. The van der Waals surface area contributed by atoms with Crippen LogP contribution in [0.5, 0.6) is 0 Å². The molecule has 0 aromatic rings. The van der Waals surface area contributed by atoms with E-state index in [0.29, 0.717) is 0 Å². The molecule has 4 atom stereocenters. The summed E-state index contributed by atoms with van der Waals surface area (Å²) >= 11 is 0. The van der Waals surface area contributed by atoms with E-state index in [-0.39, 0.29) is 6.79 Å². The summed E-state index contributed by atoms with van der Waals surface area (Å²) in [6.45, 7) is 0.0675. The van der Waals surface area contributed by atoms with E-state index in [9.17, 15) is 9.59 Å². The van der Waals surface area contributed by atoms with Gasteiger partial charge in [0.15, 0.2) is 0 Å². The van der Waals surface area contributed by atoms with Crippen LogP contribution < -0.4 is 5.32 Å². The molecule has 2 aliphatic rings. The molecule has 90 valence electrons. The van der Waals surface area contributed by atoms with Crippen molar-refractivity contribution in [1.82, 2.24) is 5.32 Å². The highest BCUT2D eigenvalue weighted by molar-refractivity contribution is 5.83. The van der Waals surface area contributed by atoms with E-state index in [2.05, 4.69) is 14.8 Å². The van der Waals surface area contributed by atoms with Crippen molar-refractivity contribution in [3.05, 3.63) is 0 Å². The number of methoxy groups -OCH3 is 2. The molecule has 0 spiro atoms. The van der Waals surface area contributed by atoms with Crippen molar-refractivity contribution >= 4 is 11.9 Å². The number of esters is 2. The van der Waals surface area contributed by atoms with Crippen LogP contribution >= 0.6 is 0 Å². The van der Waals surface area contributed by atoms with Gasteiger partial charge in [0.25, 0.3) is 0 Å². The first-order valence-corrected chi connectivity index (χ1v) is 4.84. The highest BCUT2D eigenvalue weighted by Gasteiger charge is 2.54. The minimum atomic E-state index is -0.693. The first-order valence-electron chi connectivity index (χ1n) is 4.84. The Kier molecular flexibility index (Phi) is 3.08. The maximum atomic E-state index is 11.4. The average Bonchev–Trinajstić information content (AvgIpc) is 2.87. The Bertz CT molecular complexity index is 278. The normalized spacial score (nSPS) is 36.9. The van der Waals surface area contributed by atoms with Gasteiger partial charge in [0, 0.05) is 0 Å². The highest BCUT2D eigenvalue weighted by Crippen LogP contribution is 2.27. The van der Waals surface area contributed by atoms with Crippen LogP contribution in [0.4, 0.5) is 0 Å². The number of hydrogen-bond donors (Lipinski definition) is 1. The summed E-state index contributed by atoms with van der Waals surface area (Å²) in [6.07, 6.45) is -1.01. The topological polar surface area (TPSA) is 83.1 Å². The second-order valence-electron chi connectivity index (χ2n) is 3.55. The summed E-state index contributed by atoms with van der Waals surface area (Å²) < 4.78 is 19.7. The van der Waals surface area contributed by atoms with E-state index in [1.807, 2.05) is 0 Å². The summed E-state index contributed by atoms with van der Waals surface area (Å²) in [4.78, 5) is 22.9. The molecule has 0 aromatic carbocycles. The Hall–Kier alpha value is -1.18. The van der Waals surface area contributed by atoms with Crippen LogP contribution in [0.3, 0.4) is 0 Å². The zero-order valence-electron chi connectivity index (χ0n) is 8.97. The van der Waals surface area contributed by atoms with Gasteiger partial charge in [0.1, 0.15) is 31.1 Å². The lowest BCUT2D eigenvalue weighted by Crippen LogP contribution is -2.44. The van der Waals surface area contributed by atoms with Crippen LogP contribution in [0.1, 0.15) is 0 Å². The third kappa shape index (κ3) is 1.66. The quantitative estimate of drug-likeness (QED) is 0.574. The van der Waals surface area contributed by atoms with Gasteiger partial charge in [-0.3, -0.25) is 14.9 Å². The number of hydrogen-bond acceptors (Lipinski definition) is 7. The summed E-state index contributed by atoms with van der Waals surface area (Å²) in [5.74, 6) is -0.959. The molecule has 0 bridgehead atoms. The van der Waals surface area contributed by atoms with Crippen molar-refractivity contribution in [1.29, 1.82) is 0 Å². The van der Waals surface area contributed by atoms with Gasteiger partial charge in [-0.25, -0.2) is 0 Å². The lowest BCUT2D eigenvalue weighted by Gasteiger charge is -2.14. The Balaban J connectivity index is 2.14. The summed E-state index contributed by atoms with van der Waals surface area (Å²) in [6, 6.07) is -1.39. The van der Waals surface area contributed by atoms with Crippen molar-refractivity contribution in [2.75, 3.05) is 21.0 Å². The van der Waals surface area contributed by atoms with E-state index in [1.54, 1.807) is 0 Å². The number of carbonyl (C=O) groups excluding carboxylic acids is 2. The van der Waals surface area contributed by atoms with Gasteiger partial charge < -0.3 is 18.9 Å². The van der Waals surface area contributed by atoms with Gasteiger partial charge >= 0.3 is 11.9 Å². The van der Waals surface area contributed by atoms with Crippen LogP contribution in [0.2, 0.25) is 0 Å². The average molecular weight is 231 g/mol. The van der Waals surface area contributed by atoms with Gasteiger partial charge in [-0.1, -0.05) is 0 Å². The molecule has 16 heavy (non-hydrogen) atoms. The third-order valence-electron chi connectivity index (χ3n) is 2.77. The molecule has 2 aliphatic heterocycles. The largest absolute Gasteiger partial charge is 0.468 e. The molecule has 2 rings (SSSR count). The zero-order valence-corrected chi connectivity index (χ0v) is 8.97. The van der Waals surface area contributed by atoms with Crippen molar-refractivity contribution < 1.29 is 28.5 Å². The van der Waals surface area contributed by atoms with E-state index in [1.165, 1.54) is 14.2 Å². The van der Waals surface area contributed by atoms with Crippen molar-refractivity contribution in [3.8, 4) is 0 Å². The van der Waals surface area contributed by atoms with Crippen LogP contribution in [0.25, 0.3) is 0 Å². The van der Waals surface area contributed by atoms with Crippen LogP contribution in [0.15, 0.2) is 0 Å². The van der Waals surface area contributed by atoms with Crippen molar-refractivity contribution in [3.63, 3.8) is 0 Å². The summed E-state index contributed by atoms with van der Waals surface area (Å²) in [7, 11) is 2.56. The molecule has 0 saturated carbocycles. The first-order chi connectivity index (χ1) is 7.69. The van der Waals surface area contributed by atoms with Gasteiger partial charge in [-0.15, -0.1) is 0 Å². The van der Waals surface area contributed by atoms with E-state index in [4.69, 9.17) is 9.47 Å². The molecule has 0 amide bonds. The number of rotatable bonds is 2. The lowest BCUT2D eigenvalue weighted by molar-refractivity contribution is -0.147. The van der Waals surface area contributed by atoms with Crippen LogP contribution in [-0.2, 0) is 28.5 Å². The molecular weight excluding hydrogens is 218 g/mol. The monoisotopic (exact) mass is 231 g/mol. The molecule has 0 radical (unpaired) electrons. The summed E-state index contributed by atoms with van der Waals surface area (Å²) in [5.41, 5.74) is 0. The minimum Gasteiger partial charge on any atom is -0.468 e. The smallest absolute Gasteiger partial charge is 0.325 e. The molecule has 0 aliphatic carbocycles. The van der Waals surface area contributed by atoms with Gasteiger partial charge in [0.05, 0.1) is 14.2 Å². The number of fused-ring (bicyclic) bond motifs is 1. The lowest BCUT2D eigenvalue weighted by atomic mass is 10.1. The fourth-order valence-electron chi connectivity index (χ4n) is 2.00. The van der Waals surface area contributed by atoms with Crippen LogP contribution in [0, 0.1) is 0 Å². The first kappa shape index (κ1) is 11.3.